The van der Waals surface area contributed by atoms with Crippen molar-refractivity contribution >= 4 is 5.91 Å². The van der Waals surface area contributed by atoms with Crippen molar-refractivity contribution in [3.8, 4) is 0 Å². The normalized spacial score (nSPS) is 19.5. The maximum atomic E-state index is 12.0. The van der Waals surface area contributed by atoms with E-state index in [4.69, 9.17) is 4.74 Å². The Hall–Kier alpha value is -0.910. The molecule has 0 saturated carbocycles. The summed E-state index contributed by atoms with van der Waals surface area (Å²) < 4.78 is 4.94. The third kappa shape index (κ3) is 4.42. The lowest BCUT2D eigenvalue weighted by atomic mass is 10.3. The molecular weight excluding hydrogens is 196 g/mol. The summed E-state index contributed by atoms with van der Waals surface area (Å²) in [6.45, 7) is 6.56. The number of nitrogens with zero attached hydrogens (tertiary/aromatic N) is 1. The van der Waals surface area contributed by atoms with Gasteiger partial charge in [0.25, 0.3) is 0 Å². The minimum absolute atomic E-state index is 0.186. The van der Waals surface area contributed by atoms with Crippen LogP contribution >= 0.6 is 0 Å². The molecule has 0 aromatic heterocycles. The van der Waals surface area contributed by atoms with E-state index in [2.05, 4.69) is 11.9 Å². The second kappa shape index (κ2) is 5.85. The summed E-state index contributed by atoms with van der Waals surface area (Å²) in [7, 11) is 0. The van der Waals surface area contributed by atoms with Crippen molar-refractivity contribution in [1.82, 2.24) is 5.32 Å². The Labute approximate surface area is 89.9 Å². The van der Waals surface area contributed by atoms with E-state index in [1.807, 2.05) is 0 Å². The van der Waals surface area contributed by atoms with Crippen molar-refractivity contribution in [1.29, 1.82) is 0 Å². The number of quaternary nitrogens is 1. The van der Waals surface area contributed by atoms with Gasteiger partial charge in [0.2, 0.25) is 5.91 Å². The van der Waals surface area contributed by atoms with E-state index in [1.54, 1.807) is 0 Å². The van der Waals surface area contributed by atoms with E-state index in [1.165, 1.54) is 6.08 Å². The fourth-order valence-corrected chi connectivity index (χ4v) is 1.55. The number of ether oxygens (including phenoxy) is 1. The molecule has 0 atom stereocenters. The van der Waals surface area contributed by atoms with E-state index in [9.17, 15) is 10.0 Å². The van der Waals surface area contributed by atoms with Crippen LogP contribution in [-0.2, 0) is 9.53 Å². The fourth-order valence-electron chi connectivity index (χ4n) is 1.55. The molecule has 86 valence electrons. The summed E-state index contributed by atoms with van der Waals surface area (Å²) in [5.41, 5.74) is 0. The highest BCUT2D eigenvalue weighted by atomic mass is 16.6. The molecule has 1 amide bonds. The van der Waals surface area contributed by atoms with Crippen molar-refractivity contribution < 1.29 is 14.2 Å². The lowest BCUT2D eigenvalue weighted by molar-refractivity contribution is -0.888. The summed E-state index contributed by atoms with van der Waals surface area (Å²) >= 11 is 0. The highest BCUT2D eigenvalue weighted by Crippen LogP contribution is 2.09. The van der Waals surface area contributed by atoms with Crippen molar-refractivity contribution in [2.45, 2.75) is 6.42 Å². The van der Waals surface area contributed by atoms with Crippen LogP contribution in [0.3, 0.4) is 0 Å². The van der Waals surface area contributed by atoms with Crippen LogP contribution in [0.25, 0.3) is 0 Å². The van der Waals surface area contributed by atoms with E-state index >= 15 is 0 Å². The molecule has 0 bridgehead atoms. The van der Waals surface area contributed by atoms with Gasteiger partial charge in [0.05, 0.1) is 19.8 Å². The smallest absolute Gasteiger partial charge is 0.243 e. The minimum atomic E-state index is -0.191. The van der Waals surface area contributed by atoms with Crippen molar-refractivity contribution in [3.05, 3.63) is 17.9 Å². The lowest BCUT2D eigenvalue weighted by Crippen LogP contribution is -2.51. The molecular formula is C10H18N2O3. The van der Waals surface area contributed by atoms with Crippen LogP contribution in [0.1, 0.15) is 6.42 Å². The van der Waals surface area contributed by atoms with Gasteiger partial charge < -0.3 is 19.9 Å². The number of rotatable bonds is 5. The van der Waals surface area contributed by atoms with Crippen LogP contribution in [-0.4, -0.2) is 49.9 Å². The molecule has 1 heterocycles. The fraction of sp³-hybridized carbons (Fsp3) is 0.700. The Morgan fingerprint density at radius 2 is 2.20 bits per heavy atom. The van der Waals surface area contributed by atoms with E-state index in [0.29, 0.717) is 45.8 Å². The van der Waals surface area contributed by atoms with Gasteiger partial charge in [-0.25, -0.2) is 0 Å². The number of hydrogen-bond acceptors (Lipinski definition) is 3. The second-order valence-electron chi connectivity index (χ2n) is 3.69. The van der Waals surface area contributed by atoms with Gasteiger partial charge in [-0.05, 0) is 6.08 Å². The standard InChI is InChI=1S/C10H18N2O3/c1-2-10(13)11-4-3-5-12(14)6-8-15-9-7-12/h2H,1,3-9H2,(H,11,13). The molecule has 1 aliphatic heterocycles. The van der Waals surface area contributed by atoms with Crippen LogP contribution in [0.2, 0.25) is 0 Å². The molecule has 1 saturated heterocycles. The molecule has 15 heavy (non-hydrogen) atoms. The maximum Gasteiger partial charge on any atom is 0.243 e. The average molecular weight is 214 g/mol. The summed E-state index contributed by atoms with van der Waals surface area (Å²) in [6.07, 6.45) is 1.93. The summed E-state index contributed by atoms with van der Waals surface area (Å²) in [4.78, 5) is 10.8. The molecule has 0 spiro atoms. The third-order valence-electron chi connectivity index (χ3n) is 2.51. The molecule has 1 rings (SSSR count). The molecule has 0 aliphatic carbocycles. The maximum absolute atomic E-state index is 12.0. The number of morpholine rings is 1. The molecule has 0 radical (unpaired) electrons. The average Bonchev–Trinajstić information content (AvgIpc) is 2.25. The first-order valence-electron chi connectivity index (χ1n) is 5.21. The predicted octanol–water partition coefficient (Wildman–Crippen LogP) is 0.0235. The van der Waals surface area contributed by atoms with E-state index < -0.39 is 0 Å². The highest BCUT2D eigenvalue weighted by molar-refractivity contribution is 5.86. The molecule has 1 aliphatic rings. The molecule has 0 aromatic carbocycles. The van der Waals surface area contributed by atoms with Crippen LogP contribution in [0.5, 0.6) is 0 Å². The van der Waals surface area contributed by atoms with Gasteiger partial charge in [-0.15, -0.1) is 0 Å². The first-order valence-corrected chi connectivity index (χ1v) is 5.21. The van der Waals surface area contributed by atoms with Gasteiger partial charge in [0, 0.05) is 13.0 Å². The quantitative estimate of drug-likeness (QED) is 0.304. The number of carbonyl (C=O) groups excluding carboxylic acids is 1. The Bertz CT molecular complexity index is 225. The molecule has 5 nitrogen and oxygen atoms in total. The van der Waals surface area contributed by atoms with Gasteiger partial charge in [0.1, 0.15) is 13.1 Å². The first kappa shape index (κ1) is 12.2. The van der Waals surface area contributed by atoms with Crippen LogP contribution in [0.4, 0.5) is 0 Å². The van der Waals surface area contributed by atoms with Crippen LogP contribution in [0, 0.1) is 5.21 Å². The van der Waals surface area contributed by atoms with Gasteiger partial charge in [0.15, 0.2) is 0 Å². The number of amides is 1. The number of nitrogens with one attached hydrogen (secondary N) is 1. The zero-order chi connectivity index (χ0) is 11.1. The summed E-state index contributed by atoms with van der Waals surface area (Å²) in [5, 5.41) is 14.6. The van der Waals surface area contributed by atoms with Crippen LogP contribution in [0.15, 0.2) is 12.7 Å². The Balaban J connectivity index is 2.13. The lowest BCUT2D eigenvalue weighted by Gasteiger charge is -2.45. The van der Waals surface area contributed by atoms with Crippen LogP contribution < -0.4 is 5.32 Å². The molecule has 0 aromatic rings. The zero-order valence-electron chi connectivity index (χ0n) is 8.91. The van der Waals surface area contributed by atoms with Crippen molar-refractivity contribution in [2.24, 2.45) is 0 Å². The molecule has 1 fully saturated rings. The topological polar surface area (TPSA) is 61.4 Å². The summed E-state index contributed by atoms with van der Waals surface area (Å²) in [6, 6.07) is 0. The molecule has 0 unspecified atom stereocenters. The summed E-state index contributed by atoms with van der Waals surface area (Å²) in [5.74, 6) is -0.186. The number of carbonyl (C=O) groups is 1. The zero-order valence-corrected chi connectivity index (χ0v) is 8.91. The predicted molar refractivity (Wildman–Crippen MR) is 56.9 cm³/mol. The van der Waals surface area contributed by atoms with Gasteiger partial charge in [-0.2, -0.15) is 0 Å². The Kier molecular flexibility index (Phi) is 4.74. The first-order chi connectivity index (χ1) is 7.16. The number of hydroxylamine groups is 3. The third-order valence-corrected chi connectivity index (χ3v) is 2.51. The monoisotopic (exact) mass is 214 g/mol. The highest BCUT2D eigenvalue weighted by Gasteiger charge is 2.20. The van der Waals surface area contributed by atoms with Gasteiger partial charge in [-0.1, -0.05) is 6.58 Å². The second-order valence-corrected chi connectivity index (χ2v) is 3.69. The molecule has 1 N–H and O–H groups in total. The Morgan fingerprint density at radius 3 is 2.80 bits per heavy atom. The Morgan fingerprint density at radius 1 is 1.53 bits per heavy atom. The largest absolute Gasteiger partial charge is 0.633 e. The van der Waals surface area contributed by atoms with Gasteiger partial charge in [-0.3, -0.25) is 4.79 Å². The van der Waals surface area contributed by atoms with Crippen molar-refractivity contribution in [2.75, 3.05) is 39.4 Å². The number of hydrogen-bond donors (Lipinski definition) is 1. The van der Waals surface area contributed by atoms with Gasteiger partial charge >= 0.3 is 0 Å². The minimum Gasteiger partial charge on any atom is -0.633 e. The van der Waals surface area contributed by atoms with Crippen molar-refractivity contribution in [3.63, 3.8) is 0 Å². The van der Waals surface area contributed by atoms with E-state index in [-0.39, 0.29) is 10.6 Å². The molecule has 5 heteroatoms. The van der Waals surface area contributed by atoms with E-state index in [0.717, 1.165) is 0 Å². The SMILES string of the molecule is C=CC(=O)NCCC[N+]1([O-])CCOCC1.